The first-order valence-electron chi connectivity index (χ1n) is 9.33. The molecule has 1 unspecified atom stereocenters. The van der Waals surface area contributed by atoms with Crippen LogP contribution in [0.15, 0.2) is 48.5 Å². The summed E-state index contributed by atoms with van der Waals surface area (Å²) in [4.78, 5) is 0. The molecule has 0 saturated heterocycles. The van der Waals surface area contributed by atoms with Gasteiger partial charge in [-0.1, -0.05) is 18.2 Å². The predicted molar refractivity (Wildman–Crippen MR) is 115 cm³/mol. The van der Waals surface area contributed by atoms with E-state index in [1.54, 1.807) is 7.11 Å². The molecule has 2 aromatic carbocycles. The van der Waals surface area contributed by atoms with Crippen LogP contribution in [0.4, 0.5) is 0 Å². The van der Waals surface area contributed by atoms with Crippen molar-refractivity contribution < 1.29 is 19.3 Å². The van der Waals surface area contributed by atoms with Crippen molar-refractivity contribution in [2.75, 3.05) is 26.9 Å². The maximum atomic E-state index is 10.2. The molecule has 2 aromatic rings. The Morgan fingerprint density at radius 2 is 1.64 bits per heavy atom. The van der Waals surface area contributed by atoms with Gasteiger partial charge in [0.25, 0.3) is 0 Å². The van der Waals surface area contributed by atoms with Crippen molar-refractivity contribution in [3.05, 3.63) is 54.1 Å². The summed E-state index contributed by atoms with van der Waals surface area (Å²) in [5.74, 6) is 2.31. The number of rotatable bonds is 11. The molecule has 28 heavy (non-hydrogen) atoms. The van der Waals surface area contributed by atoms with Crippen molar-refractivity contribution in [1.82, 2.24) is 5.32 Å². The Labute approximate surface area is 174 Å². The van der Waals surface area contributed by atoms with E-state index in [1.807, 2.05) is 43.3 Å². The molecule has 0 aliphatic heterocycles. The van der Waals surface area contributed by atoms with Crippen molar-refractivity contribution in [3.63, 3.8) is 0 Å². The van der Waals surface area contributed by atoms with Gasteiger partial charge in [0.05, 0.1) is 13.7 Å². The molecule has 0 aromatic heterocycles. The lowest BCUT2D eigenvalue weighted by atomic mass is 9.94. The van der Waals surface area contributed by atoms with E-state index in [9.17, 15) is 5.11 Å². The fourth-order valence-corrected chi connectivity index (χ4v) is 2.78. The molecule has 1 atom stereocenters. The number of β-amino-alcohol motifs (C(OH)–C–C–N with tert-alkyl or cyclic N) is 1. The van der Waals surface area contributed by atoms with E-state index in [1.165, 1.54) is 5.56 Å². The second-order valence-electron chi connectivity index (χ2n) is 7.16. The van der Waals surface area contributed by atoms with E-state index in [0.29, 0.717) is 18.9 Å². The van der Waals surface area contributed by atoms with E-state index in [4.69, 9.17) is 14.2 Å². The third kappa shape index (κ3) is 8.38. The number of aliphatic hydroxyl groups excluding tert-OH is 1. The first-order chi connectivity index (χ1) is 12.9. The lowest BCUT2D eigenvalue weighted by Gasteiger charge is -2.28. The fourth-order valence-electron chi connectivity index (χ4n) is 2.78. The van der Waals surface area contributed by atoms with Crippen LogP contribution in [0.1, 0.15) is 26.3 Å². The number of hydrogen-bond donors (Lipinski definition) is 2. The number of benzene rings is 2. The summed E-state index contributed by atoms with van der Waals surface area (Å²) in [6.07, 6.45) is 0.247. The van der Waals surface area contributed by atoms with Crippen molar-refractivity contribution >= 4 is 12.4 Å². The molecule has 156 valence electrons. The highest BCUT2D eigenvalue weighted by Crippen LogP contribution is 2.20. The smallest absolute Gasteiger partial charge is 0.123 e. The monoisotopic (exact) mass is 409 g/mol. The Morgan fingerprint density at radius 1 is 1.00 bits per heavy atom. The Bertz CT molecular complexity index is 691. The highest BCUT2D eigenvalue weighted by Gasteiger charge is 2.19. The Kier molecular flexibility index (Phi) is 10.1. The van der Waals surface area contributed by atoms with Crippen LogP contribution in [-0.4, -0.2) is 43.6 Å². The highest BCUT2D eigenvalue weighted by molar-refractivity contribution is 5.85. The first-order valence-corrected chi connectivity index (χ1v) is 9.33. The van der Waals surface area contributed by atoms with Crippen LogP contribution in [0.2, 0.25) is 0 Å². The summed E-state index contributed by atoms with van der Waals surface area (Å²) in [7, 11) is 1.66. The molecule has 6 heteroatoms. The van der Waals surface area contributed by atoms with Crippen molar-refractivity contribution in [3.8, 4) is 17.2 Å². The van der Waals surface area contributed by atoms with Gasteiger partial charge >= 0.3 is 0 Å². The van der Waals surface area contributed by atoms with E-state index in [2.05, 4.69) is 31.3 Å². The Hall–Kier alpha value is -1.95. The van der Waals surface area contributed by atoms with E-state index < -0.39 is 6.10 Å². The second kappa shape index (κ2) is 11.8. The minimum Gasteiger partial charge on any atom is -0.497 e. The number of halogens is 1. The van der Waals surface area contributed by atoms with Gasteiger partial charge in [-0.05, 0) is 57.0 Å². The molecule has 0 amide bonds. The molecule has 2 rings (SSSR count). The van der Waals surface area contributed by atoms with E-state index >= 15 is 0 Å². The zero-order chi connectivity index (χ0) is 19.7. The van der Waals surface area contributed by atoms with Crippen molar-refractivity contribution in [2.45, 2.75) is 38.8 Å². The largest absolute Gasteiger partial charge is 0.497 e. The topological polar surface area (TPSA) is 60.0 Å². The van der Waals surface area contributed by atoms with Gasteiger partial charge < -0.3 is 24.6 Å². The molecule has 0 radical (unpaired) electrons. The van der Waals surface area contributed by atoms with Gasteiger partial charge in [-0.2, -0.15) is 0 Å². The van der Waals surface area contributed by atoms with Crippen molar-refractivity contribution in [2.24, 2.45) is 0 Å². The van der Waals surface area contributed by atoms with Gasteiger partial charge in [-0.3, -0.25) is 0 Å². The van der Waals surface area contributed by atoms with Crippen LogP contribution < -0.4 is 19.5 Å². The lowest BCUT2D eigenvalue weighted by molar-refractivity contribution is 0.0987. The summed E-state index contributed by atoms with van der Waals surface area (Å²) in [5, 5.41) is 13.7. The second-order valence-corrected chi connectivity index (χ2v) is 7.16. The number of hydrogen-bond acceptors (Lipinski definition) is 5. The van der Waals surface area contributed by atoms with Gasteiger partial charge in [0, 0.05) is 18.2 Å². The standard InChI is InChI=1S/C22H31NO4.ClH/c1-5-26-20-7-6-8-21(13-20)27-16-18(24)15-23-22(2,3)14-17-9-11-19(25-4)12-10-17;/h6-13,18,23-24H,5,14-16H2,1-4H3;1H. The molecule has 0 saturated carbocycles. The third-order valence-corrected chi connectivity index (χ3v) is 4.18. The molecule has 5 nitrogen and oxygen atoms in total. The number of methoxy groups -OCH3 is 1. The average molecular weight is 410 g/mol. The number of nitrogens with one attached hydrogen (secondary N) is 1. The maximum absolute atomic E-state index is 10.2. The Balaban J connectivity index is 0.00000392. The Morgan fingerprint density at radius 3 is 2.25 bits per heavy atom. The van der Waals surface area contributed by atoms with Crippen LogP contribution in [-0.2, 0) is 6.42 Å². The van der Waals surface area contributed by atoms with Crippen LogP contribution >= 0.6 is 12.4 Å². The van der Waals surface area contributed by atoms with Crippen molar-refractivity contribution in [1.29, 1.82) is 0 Å². The molecule has 0 bridgehead atoms. The first kappa shape index (κ1) is 24.1. The zero-order valence-corrected chi connectivity index (χ0v) is 17.9. The molecular weight excluding hydrogens is 378 g/mol. The molecule has 0 aliphatic carbocycles. The summed E-state index contributed by atoms with van der Waals surface area (Å²) < 4.78 is 16.3. The molecule has 0 heterocycles. The SMILES string of the molecule is CCOc1cccc(OCC(O)CNC(C)(C)Cc2ccc(OC)cc2)c1.Cl. The van der Waals surface area contributed by atoms with Crippen LogP contribution in [0.5, 0.6) is 17.2 Å². The van der Waals surface area contributed by atoms with Gasteiger partial charge in [-0.15, -0.1) is 12.4 Å². The van der Waals surface area contributed by atoms with Crippen LogP contribution in [0.25, 0.3) is 0 Å². The van der Waals surface area contributed by atoms with Gasteiger partial charge in [0.15, 0.2) is 0 Å². The molecule has 0 fully saturated rings. The predicted octanol–water partition coefficient (Wildman–Crippen LogP) is 3.87. The molecular formula is C22H32ClNO4. The maximum Gasteiger partial charge on any atom is 0.123 e. The summed E-state index contributed by atoms with van der Waals surface area (Å²) >= 11 is 0. The quantitative estimate of drug-likeness (QED) is 0.590. The summed E-state index contributed by atoms with van der Waals surface area (Å²) in [6.45, 7) is 7.47. The van der Waals surface area contributed by atoms with E-state index in [-0.39, 0.29) is 24.6 Å². The van der Waals surface area contributed by atoms with E-state index in [0.717, 1.165) is 17.9 Å². The molecule has 2 N–H and O–H groups in total. The van der Waals surface area contributed by atoms with Gasteiger partial charge in [0.2, 0.25) is 0 Å². The molecule has 0 aliphatic rings. The van der Waals surface area contributed by atoms with Crippen LogP contribution in [0, 0.1) is 0 Å². The minimum absolute atomic E-state index is 0. The average Bonchev–Trinajstić information content (AvgIpc) is 2.66. The minimum atomic E-state index is -0.601. The zero-order valence-electron chi connectivity index (χ0n) is 17.1. The number of aliphatic hydroxyl groups is 1. The third-order valence-electron chi connectivity index (χ3n) is 4.18. The summed E-state index contributed by atoms with van der Waals surface area (Å²) in [6, 6.07) is 15.5. The van der Waals surface area contributed by atoms with Gasteiger partial charge in [-0.25, -0.2) is 0 Å². The normalized spacial score (nSPS) is 12.0. The fraction of sp³-hybridized carbons (Fsp3) is 0.455. The van der Waals surface area contributed by atoms with Crippen LogP contribution in [0.3, 0.4) is 0 Å². The molecule has 0 spiro atoms. The highest BCUT2D eigenvalue weighted by atomic mass is 35.5. The summed E-state index contributed by atoms with van der Waals surface area (Å²) in [5.41, 5.74) is 1.07. The number of ether oxygens (including phenoxy) is 3. The van der Waals surface area contributed by atoms with Gasteiger partial charge in [0.1, 0.15) is 30.0 Å². The lowest BCUT2D eigenvalue weighted by Crippen LogP contribution is -2.46.